The van der Waals surface area contributed by atoms with Crippen LogP contribution in [0.25, 0.3) is 0 Å². The Bertz CT molecular complexity index is 383. The van der Waals surface area contributed by atoms with Crippen LogP contribution in [0.3, 0.4) is 0 Å². The third-order valence-electron chi connectivity index (χ3n) is 3.01. The fourth-order valence-corrected chi connectivity index (χ4v) is 2.15. The van der Waals surface area contributed by atoms with E-state index in [9.17, 15) is 9.18 Å². The van der Waals surface area contributed by atoms with Crippen LogP contribution in [0.5, 0.6) is 0 Å². The number of Topliss-reactive ketones (excluding diaryl/α,β-unsaturated/α-hetero) is 1. The first-order chi connectivity index (χ1) is 7.18. The van der Waals surface area contributed by atoms with Crippen LogP contribution in [0.1, 0.15) is 36.0 Å². The van der Waals surface area contributed by atoms with Crippen molar-refractivity contribution in [3.05, 3.63) is 29.6 Å². The van der Waals surface area contributed by atoms with Crippen molar-refractivity contribution < 1.29 is 9.18 Å². The molecule has 0 aromatic heterocycles. The number of nitrogen functional groups attached to an aromatic ring is 1. The van der Waals surface area contributed by atoms with Gasteiger partial charge in [0.1, 0.15) is 5.82 Å². The maximum Gasteiger partial charge on any atom is 0.168 e. The van der Waals surface area contributed by atoms with Gasteiger partial charge in [0.2, 0.25) is 0 Å². The highest BCUT2D eigenvalue weighted by atomic mass is 19.1. The summed E-state index contributed by atoms with van der Waals surface area (Å²) in [6.07, 6.45) is 4.00. The van der Waals surface area contributed by atoms with Crippen molar-refractivity contribution in [2.45, 2.75) is 25.7 Å². The van der Waals surface area contributed by atoms with E-state index >= 15 is 0 Å². The van der Waals surface area contributed by atoms with Crippen LogP contribution in [0.2, 0.25) is 0 Å². The number of rotatable bonds is 2. The quantitative estimate of drug-likeness (QED) is 0.598. The van der Waals surface area contributed by atoms with Gasteiger partial charge in [0.15, 0.2) is 5.78 Å². The van der Waals surface area contributed by atoms with Gasteiger partial charge in [-0.25, -0.2) is 4.39 Å². The molecule has 2 nitrogen and oxygen atoms in total. The minimum absolute atomic E-state index is 0.00417. The predicted octanol–water partition coefficient (Wildman–Crippen LogP) is 2.78. The van der Waals surface area contributed by atoms with E-state index in [2.05, 4.69) is 0 Å². The van der Waals surface area contributed by atoms with Crippen LogP contribution in [0.4, 0.5) is 10.1 Å². The van der Waals surface area contributed by atoms with Gasteiger partial charge in [-0.15, -0.1) is 0 Å². The van der Waals surface area contributed by atoms with E-state index in [0.29, 0.717) is 11.3 Å². The topological polar surface area (TPSA) is 43.1 Å². The monoisotopic (exact) mass is 207 g/mol. The summed E-state index contributed by atoms with van der Waals surface area (Å²) in [6, 6.07) is 3.98. The van der Waals surface area contributed by atoms with E-state index < -0.39 is 5.82 Å². The molecule has 1 aliphatic rings. The molecule has 2 rings (SSSR count). The summed E-state index contributed by atoms with van der Waals surface area (Å²) in [5.41, 5.74) is 6.40. The molecule has 1 aromatic rings. The number of halogens is 1. The maximum atomic E-state index is 13.0. The number of nitrogens with two attached hydrogens (primary N) is 1. The summed E-state index contributed by atoms with van der Waals surface area (Å²) in [5.74, 6) is -0.343. The van der Waals surface area contributed by atoms with Crippen molar-refractivity contribution in [2.75, 3.05) is 5.73 Å². The van der Waals surface area contributed by atoms with Crippen LogP contribution in [-0.4, -0.2) is 5.78 Å². The van der Waals surface area contributed by atoms with E-state index in [1.807, 2.05) is 0 Å². The van der Waals surface area contributed by atoms with Crippen molar-refractivity contribution in [3.8, 4) is 0 Å². The van der Waals surface area contributed by atoms with Crippen molar-refractivity contribution in [1.29, 1.82) is 0 Å². The molecule has 0 atom stereocenters. The second-order valence-corrected chi connectivity index (χ2v) is 4.08. The Morgan fingerprint density at radius 3 is 2.67 bits per heavy atom. The number of carbonyl (C=O) groups excluding carboxylic acids is 1. The van der Waals surface area contributed by atoms with Gasteiger partial charge in [0.25, 0.3) is 0 Å². The zero-order chi connectivity index (χ0) is 10.8. The lowest BCUT2D eigenvalue weighted by molar-refractivity contribution is 0.0923. The Morgan fingerprint density at radius 1 is 1.33 bits per heavy atom. The Kier molecular flexibility index (Phi) is 2.71. The van der Waals surface area contributed by atoms with Crippen molar-refractivity contribution in [1.82, 2.24) is 0 Å². The minimum Gasteiger partial charge on any atom is -0.398 e. The van der Waals surface area contributed by atoms with Crippen molar-refractivity contribution >= 4 is 11.5 Å². The molecule has 1 aliphatic carbocycles. The number of carbonyl (C=O) groups is 1. The number of hydrogen-bond acceptors (Lipinski definition) is 2. The smallest absolute Gasteiger partial charge is 0.168 e. The lowest BCUT2D eigenvalue weighted by atomic mass is 9.95. The molecule has 0 unspecified atom stereocenters. The Morgan fingerprint density at radius 2 is 2.00 bits per heavy atom. The summed E-state index contributed by atoms with van der Waals surface area (Å²) >= 11 is 0. The Hall–Kier alpha value is -1.38. The fraction of sp³-hybridized carbons (Fsp3) is 0.417. The van der Waals surface area contributed by atoms with E-state index in [1.54, 1.807) is 0 Å². The Labute approximate surface area is 88.3 Å². The molecule has 2 N–H and O–H groups in total. The molecule has 80 valence electrons. The molecule has 0 saturated heterocycles. The average molecular weight is 207 g/mol. The summed E-state index contributed by atoms with van der Waals surface area (Å²) in [6.45, 7) is 0. The molecule has 0 aliphatic heterocycles. The third-order valence-corrected chi connectivity index (χ3v) is 3.01. The maximum absolute atomic E-state index is 13.0. The fourth-order valence-electron chi connectivity index (χ4n) is 2.15. The second kappa shape index (κ2) is 4.01. The normalized spacial score (nSPS) is 16.9. The third kappa shape index (κ3) is 2.01. The molecule has 0 heterocycles. The average Bonchev–Trinajstić information content (AvgIpc) is 2.74. The van der Waals surface area contributed by atoms with Gasteiger partial charge in [-0.3, -0.25) is 4.79 Å². The summed E-state index contributed by atoms with van der Waals surface area (Å²) in [5, 5.41) is 0. The van der Waals surface area contributed by atoms with Gasteiger partial charge in [-0.1, -0.05) is 12.8 Å². The van der Waals surface area contributed by atoms with E-state index in [0.717, 1.165) is 25.7 Å². The van der Waals surface area contributed by atoms with E-state index in [4.69, 9.17) is 5.73 Å². The van der Waals surface area contributed by atoms with E-state index in [-0.39, 0.29) is 11.7 Å². The highest BCUT2D eigenvalue weighted by molar-refractivity contribution is 6.02. The van der Waals surface area contributed by atoms with Gasteiger partial charge in [0.05, 0.1) is 0 Å². The molecule has 1 fully saturated rings. The molecular formula is C12H14FNO. The Balaban J connectivity index is 2.27. The molecule has 0 radical (unpaired) electrons. The second-order valence-electron chi connectivity index (χ2n) is 4.08. The molecule has 15 heavy (non-hydrogen) atoms. The van der Waals surface area contributed by atoms with Gasteiger partial charge in [0, 0.05) is 17.2 Å². The van der Waals surface area contributed by atoms with Gasteiger partial charge < -0.3 is 5.73 Å². The van der Waals surface area contributed by atoms with Crippen LogP contribution in [-0.2, 0) is 0 Å². The first-order valence-electron chi connectivity index (χ1n) is 5.27. The SMILES string of the molecule is Nc1ccc(F)cc1C(=O)C1CCCC1. The first-order valence-corrected chi connectivity index (χ1v) is 5.27. The van der Waals surface area contributed by atoms with Crippen LogP contribution in [0.15, 0.2) is 18.2 Å². The van der Waals surface area contributed by atoms with Gasteiger partial charge in [-0.2, -0.15) is 0 Å². The lowest BCUT2D eigenvalue weighted by Crippen LogP contribution is -2.13. The van der Waals surface area contributed by atoms with Gasteiger partial charge >= 0.3 is 0 Å². The minimum atomic E-state index is -0.398. The molecule has 1 saturated carbocycles. The van der Waals surface area contributed by atoms with Crippen LogP contribution >= 0.6 is 0 Å². The zero-order valence-corrected chi connectivity index (χ0v) is 8.50. The number of benzene rings is 1. The molecule has 0 amide bonds. The largest absolute Gasteiger partial charge is 0.398 e. The summed E-state index contributed by atoms with van der Waals surface area (Å²) in [7, 11) is 0. The van der Waals surface area contributed by atoms with Gasteiger partial charge in [-0.05, 0) is 31.0 Å². The highest BCUT2D eigenvalue weighted by Gasteiger charge is 2.25. The number of ketones is 1. The van der Waals surface area contributed by atoms with E-state index in [1.165, 1.54) is 18.2 Å². The highest BCUT2D eigenvalue weighted by Crippen LogP contribution is 2.29. The number of anilines is 1. The van der Waals surface area contributed by atoms with Crippen LogP contribution < -0.4 is 5.73 Å². The summed E-state index contributed by atoms with van der Waals surface area (Å²) in [4.78, 5) is 12.0. The molecule has 0 bridgehead atoms. The molecular weight excluding hydrogens is 193 g/mol. The molecule has 0 spiro atoms. The lowest BCUT2D eigenvalue weighted by Gasteiger charge is -2.09. The van der Waals surface area contributed by atoms with Crippen molar-refractivity contribution in [2.24, 2.45) is 5.92 Å². The zero-order valence-electron chi connectivity index (χ0n) is 8.50. The molecule has 3 heteroatoms. The standard InChI is InChI=1S/C12H14FNO/c13-9-5-6-11(14)10(7-9)12(15)8-3-1-2-4-8/h5-8H,1-4,14H2. The van der Waals surface area contributed by atoms with Crippen LogP contribution in [0, 0.1) is 11.7 Å². The number of hydrogen-bond donors (Lipinski definition) is 1. The molecule has 1 aromatic carbocycles. The summed E-state index contributed by atoms with van der Waals surface area (Å²) < 4.78 is 13.0. The van der Waals surface area contributed by atoms with Crippen molar-refractivity contribution in [3.63, 3.8) is 0 Å². The predicted molar refractivity (Wildman–Crippen MR) is 57.1 cm³/mol. The first kappa shape index (κ1) is 10.1.